The van der Waals surface area contributed by atoms with E-state index in [-0.39, 0.29) is 0 Å². The predicted molar refractivity (Wildman–Crippen MR) is 73.1 cm³/mol. The third-order valence-electron chi connectivity index (χ3n) is 5.51. The van der Waals surface area contributed by atoms with Gasteiger partial charge in [0.1, 0.15) is 0 Å². The molecule has 0 bridgehead atoms. The van der Waals surface area contributed by atoms with Crippen molar-refractivity contribution >= 4 is 0 Å². The second kappa shape index (κ2) is 4.91. The van der Waals surface area contributed by atoms with E-state index in [4.69, 9.17) is 4.74 Å². The maximum atomic E-state index is 5.88. The minimum Gasteiger partial charge on any atom is -0.379 e. The average Bonchev–Trinajstić information content (AvgIpc) is 2.29. The Kier molecular flexibility index (Phi) is 3.87. The van der Waals surface area contributed by atoms with Gasteiger partial charge in [-0.25, -0.2) is 0 Å². The molecule has 17 heavy (non-hydrogen) atoms. The molecule has 1 aliphatic carbocycles. The zero-order valence-corrected chi connectivity index (χ0v) is 12.2. The summed E-state index contributed by atoms with van der Waals surface area (Å²) in [6.45, 7) is 10.8. The van der Waals surface area contributed by atoms with E-state index in [0.29, 0.717) is 16.9 Å². The molecule has 3 unspecified atom stereocenters. The first kappa shape index (κ1) is 13.4. The fraction of sp³-hybridized carbons (Fsp3) is 1.00. The molecule has 1 aliphatic heterocycles. The van der Waals surface area contributed by atoms with Crippen LogP contribution in [0.15, 0.2) is 0 Å². The van der Waals surface area contributed by atoms with Gasteiger partial charge in [-0.15, -0.1) is 0 Å². The Hall–Kier alpha value is -0.0400. The summed E-state index contributed by atoms with van der Waals surface area (Å²) in [5.74, 6) is 0.896. The van der Waals surface area contributed by atoms with E-state index in [1.54, 1.807) is 0 Å². The molecular weight excluding hydrogens is 208 g/mol. The Morgan fingerprint density at radius 2 is 1.65 bits per heavy atom. The summed E-state index contributed by atoms with van der Waals surface area (Å²) in [5, 5.41) is 0. The third-order valence-corrected chi connectivity index (χ3v) is 5.51. The lowest BCUT2D eigenvalue weighted by atomic mass is 9.54. The lowest BCUT2D eigenvalue weighted by Crippen LogP contribution is -2.42. The summed E-state index contributed by atoms with van der Waals surface area (Å²) in [6.07, 6.45) is 10.00. The highest BCUT2D eigenvalue weighted by Crippen LogP contribution is 2.55. The number of hydrogen-bond donors (Lipinski definition) is 0. The number of fused-ring (bicyclic) bond motifs is 1. The maximum absolute atomic E-state index is 5.88. The highest BCUT2D eigenvalue weighted by Gasteiger charge is 2.45. The Balaban J connectivity index is 2.18. The molecule has 2 aliphatic rings. The normalized spacial score (nSPS) is 43.1. The SMILES string of the molecule is CC1CCC2C(C)(C)CCCC2(C)CCCO1. The van der Waals surface area contributed by atoms with Gasteiger partial charge < -0.3 is 4.74 Å². The van der Waals surface area contributed by atoms with E-state index in [9.17, 15) is 0 Å². The Bertz CT molecular complexity index is 258. The number of ether oxygens (including phenoxy) is 1. The minimum atomic E-state index is 0.468. The molecule has 0 aromatic heterocycles. The van der Waals surface area contributed by atoms with Gasteiger partial charge >= 0.3 is 0 Å². The molecule has 0 aromatic carbocycles. The van der Waals surface area contributed by atoms with Crippen LogP contribution in [0.2, 0.25) is 0 Å². The summed E-state index contributed by atoms with van der Waals surface area (Å²) >= 11 is 0. The molecule has 0 aromatic rings. The predicted octanol–water partition coefficient (Wildman–Crippen LogP) is 4.80. The van der Waals surface area contributed by atoms with Crippen molar-refractivity contribution in [3.05, 3.63) is 0 Å². The van der Waals surface area contributed by atoms with E-state index in [2.05, 4.69) is 27.7 Å². The molecule has 2 rings (SSSR count). The van der Waals surface area contributed by atoms with E-state index in [0.717, 1.165) is 12.5 Å². The van der Waals surface area contributed by atoms with Crippen LogP contribution >= 0.6 is 0 Å². The first-order chi connectivity index (χ1) is 7.94. The highest BCUT2D eigenvalue weighted by molar-refractivity contribution is 4.95. The van der Waals surface area contributed by atoms with Crippen LogP contribution in [0.4, 0.5) is 0 Å². The average molecular weight is 238 g/mol. The Morgan fingerprint density at radius 3 is 2.41 bits per heavy atom. The molecule has 0 N–H and O–H groups in total. The van der Waals surface area contributed by atoms with Crippen LogP contribution in [0.3, 0.4) is 0 Å². The van der Waals surface area contributed by atoms with E-state index in [1.807, 2.05) is 0 Å². The molecular formula is C16H30O. The van der Waals surface area contributed by atoms with Crippen molar-refractivity contribution in [1.82, 2.24) is 0 Å². The monoisotopic (exact) mass is 238 g/mol. The molecule has 3 atom stereocenters. The van der Waals surface area contributed by atoms with Crippen LogP contribution in [0.1, 0.15) is 72.6 Å². The zero-order valence-electron chi connectivity index (χ0n) is 12.2. The van der Waals surface area contributed by atoms with Crippen LogP contribution < -0.4 is 0 Å². The molecule has 1 nitrogen and oxygen atoms in total. The molecule has 1 heterocycles. The molecule has 0 radical (unpaired) electrons. The van der Waals surface area contributed by atoms with Gasteiger partial charge in [-0.2, -0.15) is 0 Å². The zero-order chi connectivity index (χ0) is 12.5. The minimum absolute atomic E-state index is 0.468. The van der Waals surface area contributed by atoms with Crippen molar-refractivity contribution in [2.45, 2.75) is 78.7 Å². The molecule has 1 heteroatoms. The van der Waals surface area contributed by atoms with Gasteiger partial charge in [-0.3, -0.25) is 0 Å². The van der Waals surface area contributed by atoms with Gasteiger partial charge in [0.15, 0.2) is 0 Å². The number of rotatable bonds is 0. The van der Waals surface area contributed by atoms with E-state index >= 15 is 0 Å². The summed E-state index contributed by atoms with van der Waals surface area (Å²) in [6, 6.07) is 0. The van der Waals surface area contributed by atoms with Gasteiger partial charge in [-0.1, -0.05) is 27.2 Å². The van der Waals surface area contributed by atoms with Crippen LogP contribution in [0, 0.1) is 16.7 Å². The van der Waals surface area contributed by atoms with Crippen molar-refractivity contribution < 1.29 is 4.74 Å². The highest BCUT2D eigenvalue weighted by atomic mass is 16.5. The van der Waals surface area contributed by atoms with Crippen LogP contribution in [-0.4, -0.2) is 12.7 Å². The molecule has 100 valence electrons. The maximum Gasteiger partial charge on any atom is 0.0547 e. The number of hydrogen-bond acceptors (Lipinski definition) is 1. The first-order valence-corrected chi connectivity index (χ1v) is 7.56. The first-order valence-electron chi connectivity index (χ1n) is 7.56. The van der Waals surface area contributed by atoms with Crippen LogP contribution in [0.5, 0.6) is 0 Å². The lowest BCUT2D eigenvalue weighted by molar-refractivity contribution is -0.0116. The lowest BCUT2D eigenvalue weighted by Gasteiger charge is -2.51. The molecule has 0 amide bonds. The molecule has 0 spiro atoms. The van der Waals surface area contributed by atoms with Crippen LogP contribution in [-0.2, 0) is 4.74 Å². The second-order valence-corrected chi connectivity index (χ2v) is 7.41. The fourth-order valence-corrected chi connectivity index (χ4v) is 4.52. The molecule has 2 fully saturated rings. The summed E-state index contributed by atoms with van der Waals surface area (Å²) in [7, 11) is 0. The second-order valence-electron chi connectivity index (χ2n) is 7.41. The standard InChI is InChI=1S/C16H30O/c1-13-7-8-14-15(2,3)9-5-10-16(14,4)11-6-12-17-13/h13-14H,5-12H2,1-4H3. The quantitative estimate of drug-likeness (QED) is 0.589. The van der Waals surface area contributed by atoms with Crippen molar-refractivity contribution in [3.63, 3.8) is 0 Å². The largest absolute Gasteiger partial charge is 0.379 e. The van der Waals surface area contributed by atoms with Gasteiger partial charge in [0, 0.05) is 6.61 Å². The van der Waals surface area contributed by atoms with Crippen molar-refractivity contribution in [1.29, 1.82) is 0 Å². The third kappa shape index (κ3) is 2.86. The molecule has 1 saturated heterocycles. The fourth-order valence-electron chi connectivity index (χ4n) is 4.52. The topological polar surface area (TPSA) is 9.23 Å². The van der Waals surface area contributed by atoms with Crippen molar-refractivity contribution in [3.8, 4) is 0 Å². The summed E-state index contributed by atoms with van der Waals surface area (Å²) in [5.41, 5.74) is 1.12. The van der Waals surface area contributed by atoms with E-state index < -0.39 is 0 Å². The van der Waals surface area contributed by atoms with Gasteiger partial charge in [0.25, 0.3) is 0 Å². The van der Waals surface area contributed by atoms with Crippen molar-refractivity contribution in [2.24, 2.45) is 16.7 Å². The summed E-state index contributed by atoms with van der Waals surface area (Å²) < 4.78 is 5.88. The smallest absolute Gasteiger partial charge is 0.0547 e. The summed E-state index contributed by atoms with van der Waals surface area (Å²) in [4.78, 5) is 0. The van der Waals surface area contributed by atoms with Gasteiger partial charge in [0.2, 0.25) is 0 Å². The Morgan fingerprint density at radius 1 is 0.941 bits per heavy atom. The van der Waals surface area contributed by atoms with E-state index in [1.165, 1.54) is 44.9 Å². The molecule has 1 saturated carbocycles. The van der Waals surface area contributed by atoms with Gasteiger partial charge in [0.05, 0.1) is 6.10 Å². The van der Waals surface area contributed by atoms with Crippen LogP contribution in [0.25, 0.3) is 0 Å². The Labute approximate surface area is 107 Å². The van der Waals surface area contributed by atoms with Gasteiger partial charge in [-0.05, 0) is 62.2 Å². The van der Waals surface area contributed by atoms with Crippen molar-refractivity contribution in [2.75, 3.05) is 6.61 Å².